The molecule has 2 unspecified atom stereocenters. The third-order valence-corrected chi connectivity index (χ3v) is 1.89. The van der Waals surface area contributed by atoms with Gasteiger partial charge in [0.25, 0.3) is 0 Å². The van der Waals surface area contributed by atoms with Crippen LogP contribution in [0.15, 0.2) is 0 Å². The van der Waals surface area contributed by atoms with Crippen molar-refractivity contribution in [3.05, 3.63) is 10.4 Å². The molecule has 2 atom stereocenters. The van der Waals surface area contributed by atoms with Crippen LogP contribution < -0.4 is 34.1 Å². The van der Waals surface area contributed by atoms with E-state index in [2.05, 4.69) is 5.53 Å². The second-order valence-electron chi connectivity index (χ2n) is 0.767. The Morgan fingerprint density at radius 3 is 1.67 bits per heavy atom. The van der Waals surface area contributed by atoms with Gasteiger partial charge in [-0.25, -0.2) is 0 Å². The molecule has 1 aliphatic rings. The summed E-state index contributed by atoms with van der Waals surface area (Å²) in [6, 6.07) is 0. The fraction of sp³-hybridized carbons (Fsp3) is 0. The summed E-state index contributed by atoms with van der Waals surface area (Å²) < 4.78 is -0.113. The van der Waals surface area contributed by atoms with Crippen molar-refractivity contribution in [3.8, 4) is 0 Å². The molecule has 6 heteroatoms. The van der Waals surface area contributed by atoms with E-state index >= 15 is 0 Å². The van der Waals surface area contributed by atoms with E-state index in [0.29, 0.717) is 0 Å². The first-order valence-corrected chi connectivity index (χ1v) is 3.44. The molecule has 6 heavy (non-hydrogen) atoms. The molecule has 1 rings (SSSR count). The first-order chi connectivity index (χ1) is 2.79. The molecule has 0 spiro atoms. The molecule has 3 N–H and O–H groups in total. The average molecular weight is 204 g/mol. The summed E-state index contributed by atoms with van der Waals surface area (Å²) in [5, 5.41) is 19.7. The van der Waals surface area contributed by atoms with E-state index in [1.54, 1.807) is 0 Å². The molecule has 0 radical (unpaired) electrons. The van der Waals surface area contributed by atoms with Crippen molar-refractivity contribution in [1.82, 2.24) is 5.53 Å². The van der Waals surface area contributed by atoms with Crippen LogP contribution in [0.2, 0.25) is 0 Å². The molecule has 1 fully saturated rings. The van der Waals surface area contributed by atoms with E-state index in [1.807, 2.05) is 0 Å². The predicted octanol–water partition coefficient (Wildman–Crippen LogP) is -6.90. The molecule has 0 aliphatic carbocycles. The van der Waals surface area contributed by atoms with Crippen LogP contribution >= 0.6 is 0 Å². The quantitative estimate of drug-likeness (QED) is 0.209. The Morgan fingerprint density at radius 2 is 1.67 bits per heavy atom. The Labute approximate surface area is 45.0 Å². The number of rotatable bonds is 0. The summed E-state index contributed by atoms with van der Waals surface area (Å²) in [5.41, 5.74) is 2.08. The molecular formula is H3IN3O2-. The van der Waals surface area contributed by atoms with Crippen molar-refractivity contribution in [1.29, 1.82) is 0 Å². The Hall–Kier alpha value is 0.530. The summed E-state index contributed by atoms with van der Waals surface area (Å²) in [5.74, 6) is 0. The fourth-order valence-corrected chi connectivity index (χ4v) is 0.961. The van der Waals surface area contributed by atoms with Crippen molar-refractivity contribution in [3.63, 3.8) is 0 Å². The minimum atomic E-state index is -0.723. The second kappa shape index (κ2) is 1.56. The van der Waals surface area contributed by atoms with Gasteiger partial charge >= 0.3 is 44.5 Å². The summed E-state index contributed by atoms with van der Waals surface area (Å²) in [4.78, 5) is 0. The third-order valence-electron chi connectivity index (χ3n) is 0.368. The van der Waals surface area contributed by atoms with Crippen LogP contribution in [0.1, 0.15) is 0 Å². The molecule has 1 heterocycles. The Bertz CT molecular complexity index is 44.8. The molecule has 0 amide bonds. The molecule has 0 aromatic carbocycles. The van der Waals surface area contributed by atoms with Crippen LogP contribution in [0.3, 0.4) is 0 Å². The van der Waals surface area contributed by atoms with E-state index in [0.717, 1.165) is 0 Å². The SMILES string of the molecule is [O-][NH+]1N[NH+]([O-])[I-]1. The summed E-state index contributed by atoms with van der Waals surface area (Å²) >= 11 is -0.723. The van der Waals surface area contributed by atoms with Gasteiger partial charge in [0.05, 0.1) is 0 Å². The van der Waals surface area contributed by atoms with Crippen molar-refractivity contribution in [2.75, 3.05) is 0 Å². The van der Waals surface area contributed by atoms with Crippen molar-refractivity contribution >= 4 is 0 Å². The monoisotopic (exact) mass is 204 g/mol. The maximum absolute atomic E-state index is 9.83. The molecule has 38 valence electrons. The molecule has 0 bridgehead atoms. The average Bonchev–Trinajstić information content (AvgIpc) is 1.33. The van der Waals surface area contributed by atoms with Crippen LogP contribution in [0.25, 0.3) is 0 Å². The molecule has 1 saturated heterocycles. The Morgan fingerprint density at radius 1 is 1.33 bits per heavy atom. The van der Waals surface area contributed by atoms with Gasteiger partial charge in [-0.15, -0.1) is 0 Å². The van der Waals surface area contributed by atoms with Gasteiger partial charge < -0.3 is 0 Å². The molecule has 5 nitrogen and oxygen atoms in total. The first-order valence-electron chi connectivity index (χ1n) is 1.29. The number of halogens is 1. The van der Waals surface area contributed by atoms with E-state index in [9.17, 15) is 10.4 Å². The molecule has 0 saturated carbocycles. The zero-order valence-electron chi connectivity index (χ0n) is 2.69. The molecule has 0 aromatic rings. The predicted molar refractivity (Wildman–Crippen MR) is 11.8 cm³/mol. The van der Waals surface area contributed by atoms with Gasteiger partial charge in [-0.05, 0) is 0 Å². The third kappa shape index (κ3) is 0.776. The van der Waals surface area contributed by atoms with E-state index in [4.69, 9.17) is 0 Å². The van der Waals surface area contributed by atoms with Crippen molar-refractivity contribution in [2.45, 2.75) is 0 Å². The maximum atomic E-state index is 9.83. The zero-order chi connectivity index (χ0) is 4.57. The number of hydrogen-bond donors (Lipinski definition) is 3. The van der Waals surface area contributed by atoms with E-state index in [1.165, 1.54) is 0 Å². The zero-order valence-corrected chi connectivity index (χ0v) is 4.85. The van der Waals surface area contributed by atoms with Gasteiger partial charge in [-0.2, -0.15) is 0 Å². The fourth-order valence-electron chi connectivity index (χ4n) is 0.161. The van der Waals surface area contributed by atoms with E-state index < -0.39 is 21.8 Å². The first kappa shape index (κ1) is 4.68. The molecular weight excluding hydrogens is 201 g/mol. The van der Waals surface area contributed by atoms with Gasteiger partial charge in [0.15, 0.2) is 0 Å². The van der Waals surface area contributed by atoms with Gasteiger partial charge in [0.1, 0.15) is 0 Å². The van der Waals surface area contributed by atoms with Crippen molar-refractivity contribution in [2.24, 2.45) is 0 Å². The van der Waals surface area contributed by atoms with Crippen LogP contribution in [0.4, 0.5) is 0 Å². The molecule has 0 aromatic heterocycles. The van der Waals surface area contributed by atoms with Crippen LogP contribution in [-0.4, -0.2) is 0 Å². The molecule has 1 aliphatic heterocycles. The van der Waals surface area contributed by atoms with E-state index in [-0.39, 0.29) is 6.77 Å². The van der Waals surface area contributed by atoms with Gasteiger partial charge in [-0.3, -0.25) is 0 Å². The number of quaternary nitrogens is 2. The van der Waals surface area contributed by atoms with Gasteiger partial charge in [0, 0.05) is 0 Å². The number of nitrogens with one attached hydrogen (secondary N) is 3. The summed E-state index contributed by atoms with van der Waals surface area (Å²) in [6.45, 7) is 0. The van der Waals surface area contributed by atoms with Gasteiger partial charge in [-0.1, -0.05) is 0 Å². The van der Waals surface area contributed by atoms with Crippen LogP contribution in [-0.2, 0) is 0 Å². The Kier molecular flexibility index (Phi) is 1.22. The second-order valence-corrected chi connectivity index (χ2v) is 3.27. The summed E-state index contributed by atoms with van der Waals surface area (Å²) in [6.07, 6.45) is 0. The Balaban J connectivity index is 2.11. The van der Waals surface area contributed by atoms with Crippen molar-refractivity contribution < 1.29 is 28.5 Å². The summed E-state index contributed by atoms with van der Waals surface area (Å²) in [7, 11) is 0. The minimum absolute atomic E-state index is 0.0567. The van der Waals surface area contributed by atoms with Crippen LogP contribution in [0, 0.1) is 10.4 Å². The standard InChI is InChI=1S/H3IN3O2/c5-3-1-4(6)2-3/h2-4H/q-1. The normalized spacial score (nSPS) is 46.3. The van der Waals surface area contributed by atoms with Gasteiger partial charge in [0.2, 0.25) is 0 Å². The van der Waals surface area contributed by atoms with Crippen LogP contribution in [0.5, 0.6) is 0 Å². The number of hydrogen-bond acceptors (Lipinski definition) is 3. The topological polar surface area (TPSA) is 67.0 Å².